The molecule has 0 aliphatic heterocycles. The van der Waals surface area contributed by atoms with E-state index >= 15 is 0 Å². The van der Waals surface area contributed by atoms with E-state index in [0.29, 0.717) is 33.7 Å². The molecule has 0 radical (unpaired) electrons. The van der Waals surface area contributed by atoms with Gasteiger partial charge in [-0.3, -0.25) is 4.79 Å². The molecule has 4 rings (SSSR count). The number of halogens is 2. The summed E-state index contributed by atoms with van der Waals surface area (Å²) in [5, 5.41) is 5.35. The maximum Gasteiger partial charge on any atom is 0.275 e. The first-order chi connectivity index (χ1) is 17.1. The summed E-state index contributed by atoms with van der Waals surface area (Å²) < 4.78 is 11.7. The van der Waals surface area contributed by atoms with Crippen LogP contribution in [0.5, 0.6) is 11.5 Å². The molecule has 0 saturated heterocycles. The van der Waals surface area contributed by atoms with Crippen LogP contribution in [-0.2, 0) is 13.2 Å². The highest BCUT2D eigenvalue weighted by Gasteiger charge is 2.12. The Morgan fingerprint density at radius 2 is 1.40 bits per heavy atom. The zero-order chi connectivity index (χ0) is 24.5. The molecule has 35 heavy (non-hydrogen) atoms. The standard InChI is InChI=1S/C28H22Cl2N2O3/c29-25-13-4-1-9-21(25)18-34-23-11-7-8-20(16-23)17-31-32-28(33)24-12-3-6-15-27(24)35-19-22-10-2-5-14-26(22)30/h1-17H,18-19H2,(H,32,33)/b31-17-. The van der Waals surface area contributed by atoms with E-state index < -0.39 is 0 Å². The monoisotopic (exact) mass is 504 g/mol. The van der Waals surface area contributed by atoms with Crippen LogP contribution < -0.4 is 14.9 Å². The van der Waals surface area contributed by atoms with Gasteiger partial charge in [0.15, 0.2) is 0 Å². The zero-order valence-electron chi connectivity index (χ0n) is 18.7. The molecule has 5 nitrogen and oxygen atoms in total. The van der Waals surface area contributed by atoms with Gasteiger partial charge < -0.3 is 9.47 Å². The smallest absolute Gasteiger partial charge is 0.275 e. The third kappa shape index (κ3) is 6.85. The van der Waals surface area contributed by atoms with Gasteiger partial charge in [0.25, 0.3) is 5.91 Å². The van der Waals surface area contributed by atoms with E-state index in [4.69, 9.17) is 32.7 Å². The van der Waals surface area contributed by atoms with Crippen molar-refractivity contribution in [3.05, 3.63) is 129 Å². The number of para-hydroxylation sites is 1. The number of nitrogens with one attached hydrogen (secondary N) is 1. The fourth-order valence-electron chi connectivity index (χ4n) is 3.24. The van der Waals surface area contributed by atoms with Gasteiger partial charge >= 0.3 is 0 Å². The van der Waals surface area contributed by atoms with E-state index in [9.17, 15) is 4.79 Å². The van der Waals surface area contributed by atoms with Crippen molar-refractivity contribution in [1.82, 2.24) is 5.43 Å². The van der Waals surface area contributed by atoms with Gasteiger partial charge in [-0.1, -0.05) is 83.9 Å². The Bertz CT molecular complexity index is 1340. The summed E-state index contributed by atoms with van der Waals surface area (Å²) in [5.74, 6) is 0.718. The molecule has 0 unspecified atom stereocenters. The maximum atomic E-state index is 12.7. The summed E-state index contributed by atoms with van der Waals surface area (Å²) in [7, 11) is 0. The lowest BCUT2D eigenvalue weighted by Gasteiger charge is -2.11. The van der Waals surface area contributed by atoms with Crippen molar-refractivity contribution in [2.45, 2.75) is 13.2 Å². The molecular formula is C28H22Cl2N2O3. The van der Waals surface area contributed by atoms with Gasteiger partial charge in [-0.15, -0.1) is 0 Å². The second-order valence-corrected chi connectivity index (χ2v) is 8.34. The summed E-state index contributed by atoms with van der Waals surface area (Å²) in [5.41, 5.74) is 5.42. The van der Waals surface area contributed by atoms with Crippen LogP contribution in [0.15, 0.2) is 102 Å². The minimum absolute atomic E-state index is 0.244. The first kappa shape index (κ1) is 24.3. The van der Waals surface area contributed by atoms with E-state index in [1.807, 2.05) is 66.7 Å². The third-order valence-electron chi connectivity index (χ3n) is 5.06. The van der Waals surface area contributed by atoms with Crippen LogP contribution in [-0.4, -0.2) is 12.1 Å². The fraction of sp³-hybridized carbons (Fsp3) is 0.0714. The van der Waals surface area contributed by atoms with E-state index in [0.717, 1.165) is 16.7 Å². The molecule has 1 N–H and O–H groups in total. The normalized spacial score (nSPS) is 10.8. The summed E-state index contributed by atoms with van der Waals surface area (Å²) >= 11 is 12.4. The Morgan fingerprint density at radius 3 is 2.11 bits per heavy atom. The second-order valence-electron chi connectivity index (χ2n) is 7.53. The van der Waals surface area contributed by atoms with Gasteiger partial charge in [-0.25, -0.2) is 5.43 Å². The molecule has 0 saturated carbocycles. The van der Waals surface area contributed by atoms with Crippen molar-refractivity contribution in [2.24, 2.45) is 5.10 Å². The number of carbonyl (C=O) groups is 1. The van der Waals surface area contributed by atoms with Gasteiger partial charge in [0.05, 0.1) is 11.8 Å². The predicted molar refractivity (Wildman–Crippen MR) is 140 cm³/mol. The highest BCUT2D eigenvalue weighted by Crippen LogP contribution is 2.22. The summed E-state index contributed by atoms with van der Waals surface area (Å²) in [6.07, 6.45) is 1.55. The molecule has 0 aliphatic carbocycles. The predicted octanol–water partition coefficient (Wildman–Crippen LogP) is 6.92. The van der Waals surface area contributed by atoms with Crippen LogP contribution in [0.1, 0.15) is 27.0 Å². The summed E-state index contributed by atoms with van der Waals surface area (Å²) in [6.45, 7) is 0.593. The first-order valence-electron chi connectivity index (χ1n) is 10.8. The van der Waals surface area contributed by atoms with Crippen molar-refractivity contribution in [3.8, 4) is 11.5 Å². The van der Waals surface area contributed by atoms with Crippen LogP contribution in [0.2, 0.25) is 10.0 Å². The fourth-order valence-corrected chi connectivity index (χ4v) is 3.62. The average molecular weight is 505 g/mol. The molecule has 0 spiro atoms. The number of benzene rings is 4. The highest BCUT2D eigenvalue weighted by atomic mass is 35.5. The van der Waals surface area contributed by atoms with E-state index in [-0.39, 0.29) is 12.5 Å². The molecule has 4 aromatic carbocycles. The Morgan fingerprint density at radius 1 is 0.771 bits per heavy atom. The first-order valence-corrected chi connectivity index (χ1v) is 11.6. The quantitative estimate of drug-likeness (QED) is 0.199. The van der Waals surface area contributed by atoms with E-state index in [2.05, 4.69) is 10.5 Å². The van der Waals surface area contributed by atoms with E-state index in [1.165, 1.54) is 0 Å². The number of amides is 1. The van der Waals surface area contributed by atoms with Crippen LogP contribution in [0.25, 0.3) is 0 Å². The largest absolute Gasteiger partial charge is 0.489 e. The van der Waals surface area contributed by atoms with Crippen LogP contribution >= 0.6 is 23.2 Å². The van der Waals surface area contributed by atoms with Crippen molar-refractivity contribution in [2.75, 3.05) is 0 Å². The number of hydrogen-bond acceptors (Lipinski definition) is 4. The minimum atomic E-state index is -0.387. The lowest BCUT2D eigenvalue weighted by Crippen LogP contribution is -2.18. The topological polar surface area (TPSA) is 59.9 Å². The molecular weight excluding hydrogens is 483 g/mol. The van der Waals surface area contributed by atoms with Gasteiger partial charge in [0.1, 0.15) is 24.7 Å². The number of hydrogen-bond donors (Lipinski definition) is 1. The van der Waals surface area contributed by atoms with Crippen LogP contribution in [0.3, 0.4) is 0 Å². The number of carbonyl (C=O) groups excluding carboxylic acids is 1. The number of rotatable bonds is 9. The average Bonchev–Trinajstić information content (AvgIpc) is 2.88. The van der Waals surface area contributed by atoms with Crippen molar-refractivity contribution in [1.29, 1.82) is 0 Å². The molecule has 0 heterocycles. The van der Waals surface area contributed by atoms with Crippen LogP contribution in [0.4, 0.5) is 0 Å². The molecule has 0 bridgehead atoms. The Balaban J connectivity index is 1.36. The SMILES string of the molecule is O=C(N/N=C\c1cccc(OCc2ccccc2Cl)c1)c1ccccc1OCc1ccccc1Cl. The molecule has 4 aromatic rings. The minimum Gasteiger partial charge on any atom is -0.489 e. The van der Waals surface area contributed by atoms with Crippen molar-refractivity contribution >= 4 is 35.3 Å². The lowest BCUT2D eigenvalue weighted by molar-refractivity contribution is 0.0950. The Kier molecular flexibility index (Phi) is 8.39. The van der Waals surface area contributed by atoms with Crippen molar-refractivity contribution < 1.29 is 14.3 Å². The van der Waals surface area contributed by atoms with Gasteiger partial charge in [-0.2, -0.15) is 5.10 Å². The maximum absolute atomic E-state index is 12.7. The van der Waals surface area contributed by atoms with Gasteiger partial charge in [0.2, 0.25) is 0 Å². The van der Waals surface area contributed by atoms with E-state index in [1.54, 1.807) is 36.5 Å². The summed E-state index contributed by atoms with van der Waals surface area (Å²) in [6, 6.07) is 29.3. The number of ether oxygens (including phenoxy) is 2. The zero-order valence-corrected chi connectivity index (χ0v) is 20.2. The molecule has 0 fully saturated rings. The molecule has 0 aliphatic rings. The lowest BCUT2D eigenvalue weighted by atomic mass is 10.2. The molecule has 176 valence electrons. The van der Waals surface area contributed by atoms with Crippen LogP contribution in [0, 0.1) is 0 Å². The number of hydrazone groups is 1. The number of nitrogens with zero attached hydrogens (tertiary/aromatic N) is 1. The van der Waals surface area contributed by atoms with Crippen molar-refractivity contribution in [3.63, 3.8) is 0 Å². The Labute approximate surface area is 213 Å². The Hall–Kier alpha value is -3.80. The second kappa shape index (κ2) is 12.1. The van der Waals surface area contributed by atoms with Gasteiger partial charge in [0, 0.05) is 21.2 Å². The third-order valence-corrected chi connectivity index (χ3v) is 5.80. The molecule has 1 amide bonds. The van der Waals surface area contributed by atoms with Gasteiger partial charge in [-0.05, 0) is 42.0 Å². The highest BCUT2D eigenvalue weighted by molar-refractivity contribution is 6.31. The summed E-state index contributed by atoms with van der Waals surface area (Å²) in [4.78, 5) is 12.7. The molecule has 0 aromatic heterocycles. The molecule has 7 heteroatoms. The molecule has 0 atom stereocenters.